The lowest BCUT2D eigenvalue weighted by molar-refractivity contribution is -0.135. The van der Waals surface area contributed by atoms with Crippen molar-refractivity contribution in [1.29, 1.82) is 0 Å². The van der Waals surface area contributed by atoms with Crippen molar-refractivity contribution >= 4 is 27.5 Å². The first kappa shape index (κ1) is 19.0. The zero-order valence-corrected chi connectivity index (χ0v) is 16.8. The van der Waals surface area contributed by atoms with Crippen LogP contribution in [-0.4, -0.2) is 49.7 Å². The number of fused-ring (bicyclic) bond motifs is 1. The van der Waals surface area contributed by atoms with Gasteiger partial charge in [-0.25, -0.2) is 8.42 Å². The monoisotopic (exact) mass is 408 g/mol. The lowest BCUT2D eigenvalue weighted by Gasteiger charge is -2.33. The zero-order valence-electron chi connectivity index (χ0n) is 15.3. The van der Waals surface area contributed by atoms with Crippen LogP contribution in [0, 0.1) is 17.8 Å². The minimum absolute atomic E-state index is 0.114. The molecule has 1 aromatic carbocycles. The molecule has 7 heteroatoms. The quantitative estimate of drug-likeness (QED) is 0.722. The Morgan fingerprint density at radius 2 is 1.70 bits per heavy atom. The van der Waals surface area contributed by atoms with Crippen molar-refractivity contribution in [1.82, 2.24) is 9.21 Å². The molecular weight excluding hydrogens is 384 g/mol. The number of benzene rings is 1. The molecular formula is C20H25ClN2O3S. The van der Waals surface area contributed by atoms with E-state index in [2.05, 4.69) is 12.2 Å². The van der Waals surface area contributed by atoms with Crippen LogP contribution in [0.5, 0.6) is 0 Å². The Balaban J connectivity index is 1.47. The summed E-state index contributed by atoms with van der Waals surface area (Å²) in [7, 11) is -3.68. The number of sulfonamides is 1. The van der Waals surface area contributed by atoms with E-state index in [-0.39, 0.29) is 28.3 Å². The zero-order chi connectivity index (χ0) is 19.0. The Hall–Kier alpha value is -1.37. The number of halogens is 1. The van der Waals surface area contributed by atoms with Gasteiger partial charge in [0.05, 0.1) is 10.9 Å². The van der Waals surface area contributed by atoms with Crippen molar-refractivity contribution in [3.63, 3.8) is 0 Å². The lowest BCUT2D eigenvalue weighted by Crippen LogP contribution is -2.46. The first-order chi connectivity index (χ1) is 13.0. The Morgan fingerprint density at radius 1 is 1.04 bits per heavy atom. The highest BCUT2D eigenvalue weighted by molar-refractivity contribution is 7.89. The maximum absolute atomic E-state index is 13.1. The van der Waals surface area contributed by atoms with Gasteiger partial charge in [0.25, 0.3) is 0 Å². The minimum Gasteiger partial charge on any atom is -0.342 e. The number of piperidine rings is 1. The summed E-state index contributed by atoms with van der Waals surface area (Å²) >= 11 is 6.11. The van der Waals surface area contributed by atoms with Crippen LogP contribution in [0.1, 0.15) is 25.7 Å². The van der Waals surface area contributed by atoms with Gasteiger partial charge in [0.2, 0.25) is 15.9 Å². The van der Waals surface area contributed by atoms with Crippen LogP contribution < -0.4 is 0 Å². The highest BCUT2D eigenvalue weighted by Gasteiger charge is 2.40. The third kappa shape index (κ3) is 3.67. The maximum Gasteiger partial charge on any atom is 0.244 e. The van der Waals surface area contributed by atoms with E-state index in [0.29, 0.717) is 24.8 Å². The maximum atomic E-state index is 13.1. The molecule has 2 unspecified atom stereocenters. The molecule has 5 nitrogen and oxygen atoms in total. The van der Waals surface area contributed by atoms with E-state index in [1.807, 2.05) is 4.90 Å². The van der Waals surface area contributed by atoms with E-state index in [1.54, 1.807) is 18.2 Å². The Morgan fingerprint density at radius 3 is 2.37 bits per heavy atom. The van der Waals surface area contributed by atoms with Gasteiger partial charge in [0.15, 0.2) is 0 Å². The van der Waals surface area contributed by atoms with E-state index in [0.717, 1.165) is 32.4 Å². The molecule has 4 rings (SSSR count). The Kier molecular flexibility index (Phi) is 5.32. The van der Waals surface area contributed by atoms with E-state index in [9.17, 15) is 13.2 Å². The molecule has 1 aromatic rings. The van der Waals surface area contributed by atoms with Gasteiger partial charge in [0, 0.05) is 26.2 Å². The fraction of sp³-hybridized carbons (Fsp3) is 0.550. The third-order valence-corrected chi connectivity index (χ3v) is 8.49. The summed E-state index contributed by atoms with van der Waals surface area (Å²) in [6.45, 7) is 2.30. The molecule has 0 saturated carbocycles. The number of carbonyl (C=O) groups excluding carboxylic acids is 1. The van der Waals surface area contributed by atoms with Crippen molar-refractivity contribution in [2.24, 2.45) is 17.8 Å². The molecule has 0 aromatic heterocycles. The van der Waals surface area contributed by atoms with Crippen molar-refractivity contribution in [3.8, 4) is 0 Å². The van der Waals surface area contributed by atoms with E-state index < -0.39 is 10.0 Å². The molecule has 2 heterocycles. The third-order valence-electron chi connectivity index (χ3n) is 6.12. The predicted molar refractivity (Wildman–Crippen MR) is 105 cm³/mol. The van der Waals surface area contributed by atoms with E-state index >= 15 is 0 Å². The molecule has 2 aliphatic heterocycles. The van der Waals surface area contributed by atoms with Crippen LogP contribution in [0.2, 0.25) is 5.02 Å². The Labute approximate surface area is 166 Å². The van der Waals surface area contributed by atoms with Gasteiger partial charge < -0.3 is 4.90 Å². The lowest BCUT2D eigenvalue weighted by atomic mass is 9.86. The number of nitrogens with zero attached hydrogens (tertiary/aromatic N) is 2. The summed E-state index contributed by atoms with van der Waals surface area (Å²) in [4.78, 5) is 15.2. The van der Waals surface area contributed by atoms with Gasteiger partial charge >= 0.3 is 0 Å². The molecule has 0 radical (unpaired) electrons. The summed E-state index contributed by atoms with van der Waals surface area (Å²) in [6, 6.07) is 6.50. The van der Waals surface area contributed by atoms with Crippen LogP contribution in [0.25, 0.3) is 0 Å². The van der Waals surface area contributed by atoms with Crippen molar-refractivity contribution in [2.45, 2.75) is 30.6 Å². The van der Waals surface area contributed by atoms with Crippen LogP contribution in [-0.2, 0) is 14.8 Å². The van der Waals surface area contributed by atoms with Crippen molar-refractivity contribution in [2.75, 3.05) is 26.2 Å². The first-order valence-electron chi connectivity index (χ1n) is 9.65. The second-order valence-electron chi connectivity index (χ2n) is 7.84. The summed E-state index contributed by atoms with van der Waals surface area (Å²) in [6.07, 6.45) is 7.97. The van der Waals surface area contributed by atoms with Crippen LogP contribution >= 0.6 is 11.6 Å². The van der Waals surface area contributed by atoms with Gasteiger partial charge in [0.1, 0.15) is 4.90 Å². The number of carbonyl (C=O) groups is 1. The van der Waals surface area contributed by atoms with Crippen molar-refractivity contribution < 1.29 is 13.2 Å². The molecule has 146 valence electrons. The SMILES string of the molecule is O=C([C@H]1CCCN(S(=O)(=O)c2ccccc2Cl)C1)N1CC2CC=CCC2C1. The molecule has 3 atom stereocenters. The number of hydrogen-bond acceptors (Lipinski definition) is 3. The molecule has 1 aliphatic carbocycles. The van der Waals surface area contributed by atoms with Gasteiger partial charge in [-0.15, -0.1) is 0 Å². The van der Waals surface area contributed by atoms with Gasteiger partial charge in [-0.05, 0) is 49.7 Å². The minimum atomic E-state index is -3.68. The summed E-state index contributed by atoms with van der Waals surface area (Å²) in [5.41, 5.74) is 0. The molecule has 0 spiro atoms. The number of allylic oxidation sites excluding steroid dienone is 2. The second-order valence-corrected chi connectivity index (χ2v) is 10.2. The molecule has 2 fully saturated rings. The average Bonchev–Trinajstić information content (AvgIpc) is 3.12. The summed E-state index contributed by atoms with van der Waals surface area (Å²) in [5, 5.41) is 0.224. The largest absolute Gasteiger partial charge is 0.342 e. The summed E-state index contributed by atoms with van der Waals surface area (Å²) in [5.74, 6) is 0.976. The molecule has 2 saturated heterocycles. The van der Waals surface area contributed by atoms with E-state index in [1.165, 1.54) is 10.4 Å². The highest BCUT2D eigenvalue weighted by Crippen LogP contribution is 2.35. The number of likely N-dealkylation sites (tertiary alicyclic amines) is 1. The standard InChI is InChI=1S/C20H25ClN2O3S/c21-18-9-3-4-10-19(18)27(25,26)23-11-5-8-17(14-23)20(24)22-12-15-6-1-2-7-16(15)13-22/h1-4,9-10,15-17H,5-8,11-14H2/t15?,16?,17-/m0/s1. The van der Waals surface area contributed by atoms with E-state index in [4.69, 9.17) is 11.6 Å². The topological polar surface area (TPSA) is 57.7 Å². The van der Waals surface area contributed by atoms with Crippen molar-refractivity contribution in [3.05, 3.63) is 41.4 Å². The number of amides is 1. The molecule has 27 heavy (non-hydrogen) atoms. The molecule has 1 amide bonds. The second kappa shape index (κ2) is 7.57. The molecule has 0 bridgehead atoms. The van der Waals surface area contributed by atoms with Gasteiger partial charge in [-0.3, -0.25) is 4.79 Å². The number of hydrogen-bond donors (Lipinski definition) is 0. The van der Waals surface area contributed by atoms with Crippen LogP contribution in [0.15, 0.2) is 41.3 Å². The highest BCUT2D eigenvalue weighted by atomic mass is 35.5. The van der Waals surface area contributed by atoms with Gasteiger partial charge in [-0.1, -0.05) is 35.9 Å². The fourth-order valence-electron chi connectivity index (χ4n) is 4.61. The Bertz CT molecular complexity index is 839. The molecule has 3 aliphatic rings. The van der Waals surface area contributed by atoms with Crippen LogP contribution in [0.3, 0.4) is 0 Å². The normalized spacial score (nSPS) is 28.9. The number of rotatable bonds is 3. The predicted octanol–water partition coefficient (Wildman–Crippen LogP) is 3.17. The molecule has 0 N–H and O–H groups in total. The fourth-order valence-corrected chi connectivity index (χ4v) is 6.63. The van der Waals surface area contributed by atoms with Crippen LogP contribution in [0.4, 0.5) is 0 Å². The average molecular weight is 409 g/mol. The first-order valence-corrected chi connectivity index (χ1v) is 11.5. The smallest absolute Gasteiger partial charge is 0.244 e. The summed E-state index contributed by atoms with van der Waals surface area (Å²) < 4.78 is 27.5. The van der Waals surface area contributed by atoms with Gasteiger partial charge in [-0.2, -0.15) is 4.31 Å².